The van der Waals surface area contributed by atoms with Gasteiger partial charge < -0.3 is 14.7 Å². The minimum atomic E-state index is -1.02. The van der Waals surface area contributed by atoms with E-state index in [1.807, 2.05) is 12.2 Å². The first-order valence-corrected chi connectivity index (χ1v) is 8.10. The van der Waals surface area contributed by atoms with E-state index in [0.717, 1.165) is 24.1 Å². The molecule has 0 aromatic heterocycles. The molecule has 0 aromatic rings. The van der Waals surface area contributed by atoms with Crippen LogP contribution in [0.25, 0.3) is 0 Å². The number of amides is 1. The number of allylic oxidation sites excluding steroid dienone is 2. The van der Waals surface area contributed by atoms with Crippen LogP contribution in [0.5, 0.6) is 0 Å². The van der Waals surface area contributed by atoms with E-state index in [2.05, 4.69) is 0 Å². The second-order valence-corrected chi connectivity index (χ2v) is 6.38. The highest BCUT2D eigenvalue weighted by Gasteiger charge is 2.56. The summed E-state index contributed by atoms with van der Waals surface area (Å²) in [6.45, 7) is 2.43. The first-order valence-electron chi connectivity index (χ1n) is 8.10. The smallest absolute Gasteiger partial charge is 0.318 e. The number of carbonyl (C=O) groups is 3. The summed E-state index contributed by atoms with van der Waals surface area (Å²) in [6, 6.07) is 0. The van der Waals surface area contributed by atoms with Gasteiger partial charge in [0.1, 0.15) is 5.41 Å². The molecule has 1 aliphatic carbocycles. The topological polar surface area (TPSA) is 83.9 Å². The number of esters is 1. The number of nitrogens with zero attached hydrogens (tertiary/aromatic N) is 1. The van der Waals surface area contributed by atoms with Crippen molar-refractivity contribution in [1.29, 1.82) is 0 Å². The van der Waals surface area contributed by atoms with Crippen molar-refractivity contribution in [2.45, 2.75) is 39.0 Å². The number of carboxylic acid groups (broad SMARTS) is 1. The molecule has 1 amide bonds. The Hall–Kier alpha value is -2.11. The molecule has 6 nitrogen and oxygen atoms in total. The Labute approximate surface area is 134 Å². The largest absolute Gasteiger partial charge is 0.481 e. The molecule has 2 aliphatic heterocycles. The van der Waals surface area contributed by atoms with Crippen LogP contribution >= 0.6 is 0 Å². The predicted octanol–water partition coefficient (Wildman–Crippen LogP) is 1.87. The van der Waals surface area contributed by atoms with Crippen molar-refractivity contribution >= 4 is 17.8 Å². The van der Waals surface area contributed by atoms with E-state index in [-0.39, 0.29) is 31.3 Å². The summed E-state index contributed by atoms with van der Waals surface area (Å²) in [5.74, 6) is -2.20. The minimum Gasteiger partial charge on any atom is -0.481 e. The summed E-state index contributed by atoms with van der Waals surface area (Å²) in [4.78, 5) is 38.2. The monoisotopic (exact) mass is 319 g/mol. The van der Waals surface area contributed by atoms with Crippen LogP contribution in [0.2, 0.25) is 0 Å². The number of ether oxygens (including phenoxy) is 1. The summed E-state index contributed by atoms with van der Waals surface area (Å²) in [7, 11) is 0. The molecule has 2 atom stereocenters. The fourth-order valence-electron chi connectivity index (χ4n) is 4.16. The van der Waals surface area contributed by atoms with Gasteiger partial charge in [-0.25, -0.2) is 0 Å². The second kappa shape index (κ2) is 5.83. The average molecular weight is 319 g/mol. The molecule has 0 aromatic carbocycles. The maximum Gasteiger partial charge on any atom is 0.318 e. The molecule has 1 fully saturated rings. The molecule has 124 valence electrons. The van der Waals surface area contributed by atoms with Crippen LogP contribution in [0.4, 0.5) is 0 Å². The van der Waals surface area contributed by atoms with Crippen LogP contribution in [0.3, 0.4) is 0 Å². The lowest BCUT2D eigenvalue weighted by Crippen LogP contribution is -2.55. The maximum absolute atomic E-state index is 12.8. The second-order valence-electron chi connectivity index (χ2n) is 6.38. The summed E-state index contributed by atoms with van der Waals surface area (Å²) < 4.78 is 5.31. The summed E-state index contributed by atoms with van der Waals surface area (Å²) in [5.41, 5.74) is 0.900. The van der Waals surface area contributed by atoms with Crippen LogP contribution in [-0.4, -0.2) is 41.0 Å². The molecule has 6 heteroatoms. The Morgan fingerprint density at radius 2 is 2.26 bits per heavy atom. The van der Waals surface area contributed by atoms with Gasteiger partial charge in [-0.1, -0.05) is 12.2 Å². The van der Waals surface area contributed by atoms with E-state index < -0.39 is 17.3 Å². The van der Waals surface area contributed by atoms with Crippen molar-refractivity contribution in [2.75, 3.05) is 13.2 Å². The average Bonchev–Trinajstić information content (AvgIpc) is 2.52. The molecule has 0 radical (unpaired) electrons. The summed E-state index contributed by atoms with van der Waals surface area (Å²) in [6.07, 6.45) is 6.16. The fraction of sp³-hybridized carbons (Fsp3) is 0.588. The van der Waals surface area contributed by atoms with Crippen LogP contribution in [0.15, 0.2) is 23.4 Å². The van der Waals surface area contributed by atoms with E-state index >= 15 is 0 Å². The normalized spacial score (nSPS) is 29.3. The summed E-state index contributed by atoms with van der Waals surface area (Å²) >= 11 is 0. The Bertz CT molecular complexity index is 620. The Morgan fingerprint density at radius 3 is 2.96 bits per heavy atom. The van der Waals surface area contributed by atoms with E-state index in [0.29, 0.717) is 13.0 Å². The first-order chi connectivity index (χ1) is 11.0. The Morgan fingerprint density at radius 1 is 1.48 bits per heavy atom. The zero-order valence-electron chi connectivity index (χ0n) is 13.2. The molecule has 0 spiro atoms. The van der Waals surface area contributed by atoms with Crippen LogP contribution in [0.1, 0.15) is 39.0 Å². The number of rotatable bonds is 4. The number of hydrogen-bond acceptors (Lipinski definition) is 4. The van der Waals surface area contributed by atoms with Crippen LogP contribution < -0.4 is 0 Å². The molecule has 3 rings (SSSR count). The molecular weight excluding hydrogens is 298 g/mol. The highest BCUT2D eigenvalue weighted by atomic mass is 16.5. The first kappa shape index (κ1) is 15.8. The number of aliphatic carboxylic acids is 1. The van der Waals surface area contributed by atoms with Crippen molar-refractivity contribution in [3.05, 3.63) is 23.4 Å². The lowest BCUT2D eigenvalue weighted by molar-refractivity contribution is -0.163. The zero-order chi connectivity index (χ0) is 16.6. The number of carboxylic acids is 1. The molecule has 0 unspecified atom stereocenters. The van der Waals surface area contributed by atoms with Gasteiger partial charge in [0.05, 0.1) is 18.9 Å². The molecule has 0 saturated carbocycles. The predicted molar refractivity (Wildman–Crippen MR) is 81.2 cm³/mol. The fourth-order valence-corrected chi connectivity index (χ4v) is 4.16. The van der Waals surface area contributed by atoms with Crippen LogP contribution in [-0.2, 0) is 19.1 Å². The maximum atomic E-state index is 12.8. The quantitative estimate of drug-likeness (QED) is 0.800. The minimum absolute atomic E-state index is 0.189. The summed E-state index contributed by atoms with van der Waals surface area (Å²) in [5, 5.41) is 9.12. The molecule has 0 bridgehead atoms. The van der Waals surface area contributed by atoms with Crippen molar-refractivity contribution < 1.29 is 24.2 Å². The van der Waals surface area contributed by atoms with E-state index in [1.54, 1.807) is 11.8 Å². The van der Waals surface area contributed by atoms with E-state index in [4.69, 9.17) is 9.84 Å². The molecule has 23 heavy (non-hydrogen) atoms. The molecular formula is C17H21NO5. The van der Waals surface area contributed by atoms with Gasteiger partial charge in [-0.2, -0.15) is 0 Å². The highest BCUT2D eigenvalue weighted by Crippen LogP contribution is 2.53. The third-order valence-electron chi connectivity index (χ3n) is 4.98. The number of carbonyl (C=O) groups excluding carboxylic acids is 2. The molecule has 1 saturated heterocycles. The van der Waals surface area contributed by atoms with Gasteiger partial charge in [-0.15, -0.1) is 0 Å². The van der Waals surface area contributed by atoms with Gasteiger partial charge >= 0.3 is 11.9 Å². The third kappa shape index (κ3) is 2.46. The molecule has 3 aliphatic rings. The SMILES string of the molecule is CCOC(=O)[C@]12CCCC3=C1N(CC=C3)C(=O)[C@@H](CC(=O)O)C2. The number of piperidine rings is 1. The molecule has 1 N–H and O–H groups in total. The van der Waals surface area contributed by atoms with Crippen molar-refractivity contribution in [1.82, 2.24) is 4.90 Å². The van der Waals surface area contributed by atoms with Gasteiger partial charge in [-0.3, -0.25) is 14.4 Å². The van der Waals surface area contributed by atoms with Gasteiger partial charge in [0.25, 0.3) is 0 Å². The highest BCUT2D eigenvalue weighted by molar-refractivity contribution is 5.92. The van der Waals surface area contributed by atoms with Gasteiger partial charge in [0.15, 0.2) is 0 Å². The lowest BCUT2D eigenvalue weighted by Gasteiger charge is -2.49. The van der Waals surface area contributed by atoms with E-state index in [1.165, 1.54) is 0 Å². The standard InChI is InChI=1S/C17H21NO5/c1-2-23-16(22)17-7-3-5-11-6-4-8-18(14(11)17)15(21)12(10-17)9-13(19)20/h4,6,12H,2-3,5,7-10H2,1H3,(H,19,20)/t12-,17-/m0/s1. The lowest BCUT2D eigenvalue weighted by atomic mass is 9.64. The molecule has 2 heterocycles. The van der Waals surface area contributed by atoms with Crippen molar-refractivity contribution in [2.24, 2.45) is 11.3 Å². The van der Waals surface area contributed by atoms with E-state index in [9.17, 15) is 14.4 Å². The van der Waals surface area contributed by atoms with Crippen molar-refractivity contribution in [3.63, 3.8) is 0 Å². The van der Waals surface area contributed by atoms with Gasteiger partial charge in [0.2, 0.25) is 5.91 Å². The third-order valence-corrected chi connectivity index (χ3v) is 4.98. The number of hydrogen-bond donors (Lipinski definition) is 1. The van der Waals surface area contributed by atoms with Crippen molar-refractivity contribution in [3.8, 4) is 0 Å². The zero-order valence-corrected chi connectivity index (χ0v) is 13.2. The van der Waals surface area contributed by atoms with Gasteiger partial charge in [-0.05, 0) is 38.2 Å². The Kier molecular flexibility index (Phi) is 4.00. The Balaban J connectivity index is 2.08. The van der Waals surface area contributed by atoms with Crippen LogP contribution in [0, 0.1) is 11.3 Å². The van der Waals surface area contributed by atoms with Gasteiger partial charge in [0, 0.05) is 12.2 Å².